The van der Waals surface area contributed by atoms with Gasteiger partial charge in [-0.1, -0.05) is 20.8 Å². The zero-order chi connectivity index (χ0) is 14.0. The summed E-state index contributed by atoms with van der Waals surface area (Å²) in [6.45, 7) is 8.93. The zero-order valence-corrected chi connectivity index (χ0v) is 12.6. The van der Waals surface area contributed by atoms with Gasteiger partial charge in [-0.15, -0.1) is 0 Å². The fourth-order valence-electron chi connectivity index (χ4n) is 3.16. The fourth-order valence-corrected chi connectivity index (χ4v) is 3.16. The van der Waals surface area contributed by atoms with Crippen LogP contribution in [0.4, 0.5) is 0 Å². The predicted molar refractivity (Wildman–Crippen MR) is 78.2 cm³/mol. The smallest absolute Gasteiger partial charge is 0.167 e. The number of ketones is 1. The third kappa shape index (κ3) is 3.23. The highest BCUT2D eigenvalue weighted by Gasteiger charge is 2.32. The van der Waals surface area contributed by atoms with Gasteiger partial charge in [0.2, 0.25) is 0 Å². The normalized spacial score (nSPS) is 24.2. The maximum atomic E-state index is 12.5. The molecule has 0 saturated heterocycles. The Kier molecular flexibility index (Phi) is 4.07. The monoisotopic (exact) mass is 259 g/mol. The largest absolute Gasteiger partial charge is 0.294 e. The molecule has 0 unspecified atom stereocenters. The first-order valence-electron chi connectivity index (χ1n) is 7.34. The van der Waals surface area contributed by atoms with Gasteiger partial charge in [-0.25, -0.2) is 0 Å². The van der Waals surface area contributed by atoms with E-state index in [1.807, 2.05) is 13.0 Å². The Morgan fingerprint density at radius 1 is 1.21 bits per heavy atom. The van der Waals surface area contributed by atoms with Crippen LogP contribution >= 0.6 is 0 Å². The lowest BCUT2D eigenvalue weighted by Crippen LogP contribution is -2.29. The van der Waals surface area contributed by atoms with Gasteiger partial charge >= 0.3 is 0 Å². The first kappa shape index (κ1) is 14.2. The number of rotatable bonds is 2. The van der Waals surface area contributed by atoms with Crippen molar-refractivity contribution in [2.75, 3.05) is 0 Å². The minimum absolute atomic E-state index is 0.210. The SMILES string of the molecule is Cc1ccncc1C(=O)C1CCC(C(C)(C)C)CC1. The zero-order valence-electron chi connectivity index (χ0n) is 12.6. The van der Waals surface area contributed by atoms with E-state index < -0.39 is 0 Å². The fraction of sp³-hybridized carbons (Fsp3) is 0.647. The lowest BCUT2D eigenvalue weighted by Gasteiger charge is -2.36. The van der Waals surface area contributed by atoms with E-state index >= 15 is 0 Å². The van der Waals surface area contributed by atoms with Gasteiger partial charge in [0.05, 0.1) is 0 Å². The molecule has 1 heterocycles. The molecule has 0 amide bonds. The van der Waals surface area contributed by atoms with Crippen LogP contribution in [0.2, 0.25) is 0 Å². The molecule has 2 heteroatoms. The van der Waals surface area contributed by atoms with E-state index in [9.17, 15) is 4.79 Å². The van der Waals surface area contributed by atoms with Gasteiger partial charge in [0.15, 0.2) is 5.78 Å². The van der Waals surface area contributed by atoms with Gasteiger partial charge in [-0.2, -0.15) is 0 Å². The van der Waals surface area contributed by atoms with Gasteiger partial charge < -0.3 is 0 Å². The van der Waals surface area contributed by atoms with Crippen LogP contribution in [-0.4, -0.2) is 10.8 Å². The summed E-state index contributed by atoms with van der Waals surface area (Å²) >= 11 is 0. The first-order valence-corrected chi connectivity index (χ1v) is 7.34. The molecule has 1 aliphatic rings. The Balaban J connectivity index is 2.03. The number of pyridine rings is 1. The molecule has 0 bridgehead atoms. The summed E-state index contributed by atoms with van der Waals surface area (Å²) in [5.74, 6) is 1.27. The molecule has 0 aliphatic heterocycles. The highest BCUT2D eigenvalue weighted by molar-refractivity contribution is 5.98. The lowest BCUT2D eigenvalue weighted by molar-refractivity contribution is 0.0818. The highest BCUT2D eigenvalue weighted by atomic mass is 16.1. The van der Waals surface area contributed by atoms with Crippen LogP contribution in [0.3, 0.4) is 0 Å². The number of hydrogen-bond acceptors (Lipinski definition) is 2. The Morgan fingerprint density at radius 2 is 1.84 bits per heavy atom. The van der Waals surface area contributed by atoms with Crippen molar-refractivity contribution in [2.24, 2.45) is 17.3 Å². The van der Waals surface area contributed by atoms with Crippen LogP contribution in [0, 0.1) is 24.2 Å². The molecule has 0 aromatic carbocycles. The van der Waals surface area contributed by atoms with E-state index in [1.54, 1.807) is 12.4 Å². The number of carbonyl (C=O) groups excluding carboxylic acids is 1. The van der Waals surface area contributed by atoms with Crippen molar-refractivity contribution in [1.29, 1.82) is 0 Å². The molecule has 1 aliphatic carbocycles. The van der Waals surface area contributed by atoms with E-state index in [0.29, 0.717) is 11.2 Å². The molecule has 0 N–H and O–H groups in total. The topological polar surface area (TPSA) is 30.0 Å². The Labute approximate surface area is 116 Å². The van der Waals surface area contributed by atoms with E-state index in [0.717, 1.165) is 29.9 Å². The molecule has 1 aromatic heterocycles. The molecule has 1 aromatic rings. The second kappa shape index (κ2) is 5.44. The summed E-state index contributed by atoms with van der Waals surface area (Å²) in [5, 5.41) is 0. The number of aryl methyl sites for hydroxylation is 1. The van der Waals surface area contributed by atoms with Gasteiger partial charge in [0, 0.05) is 23.9 Å². The van der Waals surface area contributed by atoms with E-state index in [4.69, 9.17) is 0 Å². The van der Waals surface area contributed by atoms with Gasteiger partial charge in [0.25, 0.3) is 0 Å². The van der Waals surface area contributed by atoms with Crippen molar-refractivity contribution >= 4 is 5.78 Å². The number of nitrogens with zero attached hydrogens (tertiary/aromatic N) is 1. The maximum Gasteiger partial charge on any atom is 0.167 e. The Morgan fingerprint density at radius 3 is 2.37 bits per heavy atom. The van der Waals surface area contributed by atoms with E-state index in [2.05, 4.69) is 25.8 Å². The molecule has 19 heavy (non-hydrogen) atoms. The number of hydrogen-bond donors (Lipinski definition) is 0. The average molecular weight is 259 g/mol. The molecule has 2 nitrogen and oxygen atoms in total. The quantitative estimate of drug-likeness (QED) is 0.736. The van der Waals surface area contributed by atoms with Crippen molar-refractivity contribution < 1.29 is 4.79 Å². The first-order chi connectivity index (χ1) is 8.89. The minimum Gasteiger partial charge on any atom is -0.294 e. The number of aromatic nitrogens is 1. The van der Waals surface area contributed by atoms with Crippen molar-refractivity contribution in [2.45, 2.75) is 53.4 Å². The number of carbonyl (C=O) groups is 1. The summed E-state index contributed by atoms with van der Waals surface area (Å²) in [6, 6.07) is 1.92. The lowest BCUT2D eigenvalue weighted by atomic mass is 9.68. The van der Waals surface area contributed by atoms with Crippen molar-refractivity contribution in [3.05, 3.63) is 29.6 Å². The Bertz CT molecular complexity index is 451. The third-order valence-corrected chi connectivity index (χ3v) is 4.63. The molecule has 1 saturated carbocycles. The third-order valence-electron chi connectivity index (χ3n) is 4.63. The average Bonchev–Trinajstić information content (AvgIpc) is 2.38. The predicted octanol–water partition coefficient (Wildman–Crippen LogP) is 4.43. The number of Topliss-reactive ketones (excluding diaryl/α,β-unsaturated/α-hetero) is 1. The van der Waals surface area contributed by atoms with Crippen molar-refractivity contribution in [1.82, 2.24) is 4.98 Å². The molecular weight excluding hydrogens is 234 g/mol. The molecule has 1 fully saturated rings. The summed E-state index contributed by atoms with van der Waals surface area (Å²) in [5.41, 5.74) is 2.25. The summed E-state index contributed by atoms with van der Waals surface area (Å²) < 4.78 is 0. The van der Waals surface area contributed by atoms with E-state index in [1.165, 1.54) is 12.8 Å². The second-order valence-electron chi connectivity index (χ2n) is 6.97. The minimum atomic E-state index is 0.210. The van der Waals surface area contributed by atoms with Crippen LogP contribution in [0.15, 0.2) is 18.5 Å². The summed E-state index contributed by atoms with van der Waals surface area (Å²) in [6.07, 6.45) is 7.92. The van der Waals surface area contributed by atoms with Gasteiger partial charge in [0.1, 0.15) is 0 Å². The van der Waals surface area contributed by atoms with Crippen molar-refractivity contribution in [3.63, 3.8) is 0 Å². The molecule has 0 spiro atoms. The molecule has 104 valence electrons. The Hall–Kier alpha value is -1.18. The van der Waals surface area contributed by atoms with Gasteiger partial charge in [-0.3, -0.25) is 9.78 Å². The molecule has 2 rings (SSSR count). The maximum absolute atomic E-state index is 12.5. The molecule has 0 radical (unpaired) electrons. The van der Waals surface area contributed by atoms with Crippen LogP contribution in [-0.2, 0) is 0 Å². The highest BCUT2D eigenvalue weighted by Crippen LogP contribution is 2.40. The van der Waals surface area contributed by atoms with Crippen LogP contribution in [0.5, 0.6) is 0 Å². The van der Waals surface area contributed by atoms with Crippen LogP contribution in [0.25, 0.3) is 0 Å². The molecule has 0 atom stereocenters. The van der Waals surface area contributed by atoms with Crippen LogP contribution in [0.1, 0.15) is 62.4 Å². The summed E-state index contributed by atoms with van der Waals surface area (Å²) in [7, 11) is 0. The molecular formula is C17H25NO. The van der Waals surface area contributed by atoms with Gasteiger partial charge in [-0.05, 0) is 55.6 Å². The second-order valence-corrected chi connectivity index (χ2v) is 6.97. The summed E-state index contributed by atoms with van der Waals surface area (Å²) in [4.78, 5) is 16.6. The van der Waals surface area contributed by atoms with E-state index in [-0.39, 0.29) is 5.92 Å². The van der Waals surface area contributed by atoms with Crippen LogP contribution < -0.4 is 0 Å². The van der Waals surface area contributed by atoms with Crippen molar-refractivity contribution in [3.8, 4) is 0 Å². The standard InChI is InChI=1S/C17H25NO/c1-12-9-10-18-11-15(12)16(19)13-5-7-14(8-6-13)17(2,3)4/h9-11,13-14H,5-8H2,1-4H3.